The highest BCUT2D eigenvalue weighted by atomic mass is 35.5. The molecule has 0 unspecified atom stereocenters. The molecular formula is C18H19ClN2O3. The number of esters is 1. The minimum absolute atomic E-state index is 0.132. The van der Waals surface area contributed by atoms with Gasteiger partial charge in [0.15, 0.2) is 0 Å². The average molecular weight is 347 g/mol. The van der Waals surface area contributed by atoms with Crippen molar-refractivity contribution in [3.63, 3.8) is 0 Å². The maximum absolute atomic E-state index is 12.1. The van der Waals surface area contributed by atoms with Crippen LogP contribution in [0.3, 0.4) is 0 Å². The van der Waals surface area contributed by atoms with E-state index >= 15 is 0 Å². The number of aromatic nitrogens is 1. The first kappa shape index (κ1) is 16.9. The number of ether oxygens (including phenoxy) is 2. The number of carbonyl (C=O) groups excluding carboxylic acids is 1. The minimum atomic E-state index is -0.453. The van der Waals surface area contributed by atoms with Crippen molar-refractivity contribution in [2.24, 2.45) is 0 Å². The Bertz CT molecular complexity index is 681. The SMILES string of the molecule is O=C(OC[C@@H]1CN(Cc2ccccc2)CCO1)c1ccncc1Cl. The summed E-state index contributed by atoms with van der Waals surface area (Å²) in [7, 11) is 0. The minimum Gasteiger partial charge on any atom is -0.459 e. The molecule has 0 aliphatic carbocycles. The van der Waals surface area contributed by atoms with Crippen LogP contribution in [0, 0.1) is 0 Å². The van der Waals surface area contributed by atoms with Gasteiger partial charge < -0.3 is 9.47 Å². The zero-order chi connectivity index (χ0) is 16.8. The number of nitrogens with zero attached hydrogens (tertiary/aromatic N) is 2. The van der Waals surface area contributed by atoms with E-state index in [1.807, 2.05) is 18.2 Å². The highest BCUT2D eigenvalue weighted by Crippen LogP contribution is 2.16. The van der Waals surface area contributed by atoms with Crippen LogP contribution in [0.5, 0.6) is 0 Å². The number of benzene rings is 1. The number of hydrogen-bond acceptors (Lipinski definition) is 5. The molecule has 0 N–H and O–H groups in total. The lowest BCUT2D eigenvalue weighted by Gasteiger charge is -2.32. The van der Waals surface area contributed by atoms with Crippen LogP contribution < -0.4 is 0 Å². The summed E-state index contributed by atoms with van der Waals surface area (Å²) in [4.78, 5) is 18.2. The van der Waals surface area contributed by atoms with E-state index in [0.717, 1.165) is 19.6 Å². The summed E-state index contributed by atoms with van der Waals surface area (Å²) in [5.41, 5.74) is 1.59. The molecule has 2 aromatic rings. The summed E-state index contributed by atoms with van der Waals surface area (Å²) in [5, 5.41) is 0.290. The van der Waals surface area contributed by atoms with Crippen LogP contribution in [0.15, 0.2) is 48.8 Å². The van der Waals surface area contributed by atoms with Crippen molar-refractivity contribution in [3.05, 3.63) is 64.9 Å². The average Bonchev–Trinajstić information content (AvgIpc) is 2.61. The summed E-state index contributed by atoms with van der Waals surface area (Å²) in [6, 6.07) is 11.8. The highest BCUT2D eigenvalue weighted by Gasteiger charge is 2.22. The van der Waals surface area contributed by atoms with E-state index in [9.17, 15) is 4.79 Å². The monoisotopic (exact) mass is 346 g/mol. The van der Waals surface area contributed by atoms with Crippen LogP contribution in [0.1, 0.15) is 15.9 Å². The molecule has 0 spiro atoms. The van der Waals surface area contributed by atoms with Gasteiger partial charge in [-0.2, -0.15) is 0 Å². The number of hydrogen-bond donors (Lipinski definition) is 0. The molecular weight excluding hydrogens is 328 g/mol. The Labute approximate surface area is 146 Å². The molecule has 1 aliphatic heterocycles. The van der Waals surface area contributed by atoms with Crippen molar-refractivity contribution in [1.82, 2.24) is 9.88 Å². The van der Waals surface area contributed by atoms with Gasteiger partial charge >= 0.3 is 5.97 Å². The summed E-state index contributed by atoms with van der Waals surface area (Å²) >= 11 is 5.95. The van der Waals surface area contributed by atoms with Crippen LogP contribution in [0.2, 0.25) is 5.02 Å². The maximum atomic E-state index is 12.1. The second-order valence-electron chi connectivity index (χ2n) is 5.67. The third kappa shape index (κ3) is 4.54. The molecule has 126 valence electrons. The summed E-state index contributed by atoms with van der Waals surface area (Å²) in [6.07, 6.45) is 2.81. The van der Waals surface area contributed by atoms with Gasteiger partial charge in [-0.1, -0.05) is 41.9 Å². The molecule has 1 saturated heterocycles. The molecule has 24 heavy (non-hydrogen) atoms. The predicted octanol–water partition coefficient (Wildman–Crippen LogP) is 2.79. The number of morpholine rings is 1. The Balaban J connectivity index is 1.50. The first-order valence-electron chi connectivity index (χ1n) is 7.87. The molecule has 1 aromatic heterocycles. The van der Waals surface area contributed by atoms with Gasteiger partial charge in [-0.25, -0.2) is 4.79 Å². The summed E-state index contributed by atoms with van der Waals surface area (Å²) < 4.78 is 11.0. The number of halogens is 1. The Morgan fingerprint density at radius 3 is 2.96 bits per heavy atom. The Kier molecular flexibility index (Phi) is 5.80. The van der Waals surface area contributed by atoms with Crippen molar-refractivity contribution in [2.45, 2.75) is 12.6 Å². The van der Waals surface area contributed by atoms with Crippen molar-refractivity contribution in [1.29, 1.82) is 0 Å². The largest absolute Gasteiger partial charge is 0.459 e. The first-order valence-corrected chi connectivity index (χ1v) is 8.24. The van der Waals surface area contributed by atoms with Gasteiger partial charge in [-0.15, -0.1) is 0 Å². The number of rotatable bonds is 5. The normalized spacial score (nSPS) is 18.3. The van der Waals surface area contributed by atoms with Crippen molar-refractivity contribution in [2.75, 3.05) is 26.3 Å². The molecule has 5 nitrogen and oxygen atoms in total. The molecule has 2 heterocycles. The lowest BCUT2D eigenvalue weighted by Crippen LogP contribution is -2.44. The second-order valence-corrected chi connectivity index (χ2v) is 6.07. The van der Waals surface area contributed by atoms with Gasteiger partial charge in [0.05, 0.1) is 17.2 Å². The highest BCUT2D eigenvalue weighted by molar-refractivity contribution is 6.33. The standard InChI is InChI=1S/C18H19ClN2O3/c19-17-10-20-7-6-16(17)18(22)24-13-15-12-21(8-9-23-15)11-14-4-2-1-3-5-14/h1-7,10,15H,8-9,11-13H2/t15-/m0/s1. The molecule has 0 saturated carbocycles. The molecule has 1 aromatic carbocycles. The molecule has 1 aliphatic rings. The summed E-state index contributed by atoms with van der Waals surface area (Å²) in [5.74, 6) is -0.453. The van der Waals surface area contributed by atoms with Gasteiger partial charge in [0.2, 0.25) is 0 Å². The van der Waals surface area contributed by atoms with Crippen molar-refractivity contribution < 1.29 is 14.3 Å². The van der Waals surface area contributed by atoms with E-state index in [-0.39, 0.29) is 17.7 Å². The molecule has 0 bridgehead atoms. The predicted molar refractivity (Wildman–Crippen MR) is 91.0 cm³/mol. The van der Waals surface area contributed by atoms with Crippen LogP contribution in [0.4, 0.5) is 0 Å². The van der Waals surface area contributed by atoms with Crippen LogP contribution in [-0.4, -0.2) is 48.3 Å². The molecule has 1 atom stereocenters. The fourth-order valence-electron chi connectivity index (χ4n) is 2.65. The van der Waals surface area contributed by atoms with E-state index in [2.05, 4.69) is 22.0 Å². The number of carbonyl (C=O) groups is 1. The summed E-state index contributed by atoms with van der Waals surface area (Å²) in [6.45, 7) is 3.31. The van der Waals surface area contributed by atoms with E-state index < -0.39 is 5.97 Å². The van der Waals surface area contributed by atoms with Crippen molar-refractivity contribution >= 4 is 17.6 Å². The zero-order valence-corrected chi connectivity index (χ0v) is 14.0. The van der Waals surface area contributed by atoms with Gasteiger partial charge in [-0.3, -0.25) is 9.88 Å². The molecule has 0 radical (unpaired) electrons. The van der Waals surface area contributed by atoms with Gasteiger partial charge in [0, 0.05) is 32.0 Å². The quantitative estimate of drug-likeness (QED) is 0.779. The van der Waals surface area contributed by atoms with Crippen LogP contribution >= 0.6 is 11.6 Å². The third-order valence-corrected chi connectivity index (χ3v) is 4.17. The van der Waals surface area contributed by atoms with Gasteiger partial charge in [-0.05, 0) is 11.6 Å². The molecule has 3 rings (SSSR count). The topological polar surface area (TPSA) is 51.7 Å². The van der Waals surface area contributed by atoms with E-state index in [1.165, 1.54) is 18.0 Å². The smallest absolute Gasteiger partial charge is 0.339 e. The molecule has 0 amide bonds. The third-order valence-electron chi connectivity index (χ3n) is 3.86. The van der Waals surface area contributed by atoms with Crippen LogP contribution in [0.25, 0.3) is 0 Å². The first-order chi connectivity index (χ1) is 11.7. The lowest BCUT2D eigenvalue weighted by molar-refractivity contribution is -0.0612. The molecule has 1 fully saturated rings. The van der Waals surface area contributed by atoms with E-state index in [4.69, 9.17) is 21.1 Å². The second kappa shape index (κ2) is 8.24. The Morgan fingerprint density at radius 2 is 2.17 bits per heavy atom. The van der Waals surface area contributed by atoms with E-state index in [0.29, 0.717) is 12.2 Å². The Morgan fingerprint density at radius 1 is 1.33 bits per heavy atom. The fraction of sp³-hybridized carbons (Fsp3) is 0.333. The lowest BCUT2D eigenvalue weighted by atomic mass is 10.2. The van der Waals surface area contributed by atoms with Gasteiger partial charge in [0.1, 0.15) is 12.7 Å². The van der Waals surface area contributed by atoms with Crippen LogP contribution in [-0.2, 0) is 16.0 Å². The number of pyridine rings is 1. The van der Waals surface area contributed by atoms with Gasteiger partial charge in [0.25, 0.3) is 0 Å². The Hall–Kier alpha value is -1.95. The zero-order valence-electron chi connectivity index (χ0n) is 13.2. The fourth-order valence-corrected chi connectivity index (χ4v) is 2.85. The maximum Gasteiger partial charge on any atom is 0.339 e. The van der Waals surface area contributed by atoms with E-state index in [1.54, 1.807) is 6.07 Å². The van der Waals surface area contributed by atoms with Crippen molar-refractivity contribution in [3.8, 4) is 0 Å². The molecule has 6 heteroatoms.